The Labute approximate surface area is 185 Å². The molecule has 3 aromatic carbocycles. The summed E-state index contributed by atoms with van der Waals surface area (Å²) in [6, 6.07) is 22.4. The molecule has 0 unspecified atom stereocenters. The quantitative estimate of drug-likeness (QED) is 0.435. The highest BCUT2D eigenvalue weighted by Gasteiger charge is 2.07. The Morgan fingerprint density at radius 1 is 1.00 bits per heavy atom. The van der Waals surface area contributed by atoms with Gasteiger partial charge in [-0.2, -0.15) is 0 Å². The highest BCUT2D eigenvalue weighted by molar-refractivity contribution is 5.94. The monoisotopic (exact) mass is 428 g/mol. The van der Waals surface area contributed by atoms with Crippen LogP contribution < -0.4 is 15.4 Å². The fraction of sp³-hybridized carbons (Fsp3) is 0.0800. The fourth-order valence-electron chi connectivity index (χ4n) is 3.09. The number of methoxy groups -OCH3 is 1. The van der Waals surface area contributed by atoms with Gasteiger partial charge in [0.2, 0.25) is 0 Å². The maximum atomic E-state index is 13.1. The Morgan fingerprint density at radius 3 is 2.53 bits per heavy atom. The van der Waals surface area contributed by atoms with Crippen LogP contribution in [0.1, 0.15) is 15.9 Å². The Bertz CT molecular complexity index is 1210. The predicted octanol–water partition coefficient (Wildman–Crippen LogP) is 4.96. The molecule has 1 amide bonds. The molecule has 0 spiro atoms. The number of carbonyl (C=O) groups is 1. The second kappa shape index (κ2) is 9.70. The summed E-state index contributed by atoms with van der Waals surface area (Å²) in [7, 11) is 1.61. The molecule has 0 atom stereocenters. The summed E-state index contributed by atoms with van der Waals surface area (Å²) < 4.78 is 18.3. The molecule has 160 valence electrons. The number of hydrogen-bond donors (Lipinski definition) is 2. The van der Waals surface area contributed by atoms with Crippen molar-refractivity contribution >= 4 is 17.4 Å². The summed E-state index contributed by atoms with van der Waals surface area (Å²) in [5, 5.41) is 6.09. The molecule has 4 aromatic rings. The van der Waals surface area contributed by atoms with E-state index in [4.69, 9.17) is 4.74 Å². The van der Waals surface area contributed by atoms with Gasteiger partial charge in [0.1, 0.15) is 17.4 Å². The van der Waals surface area contributed by atoms with E-state index in [2.05, 4.69) is 20.6 Å². The number of nitrogens with zero attached hydrogens (tertiary/aromatic N) is 2. The lowest BCUT2D eigenvalue weighted by Crippen LogP contribution is -2.22. The number of anilines is 2. The van der Waals surface area contributed by atoms with E-state index in [-0.39, 0.29) is 11.7 Å². The van der Waals surface area contributed by atoms with Crippen molar-refractivity contribution in [2.24, 2.45) is 0 Å². The normalized spacial score (nSPS) is 10.4. The van der Waals surface area contributed by atoms with Gasteiger partial charge in [0.25, 0.3) is 5.91 Å². The highest BCUT2D eigenvalue weighted by Crippen LogP contribution is 2.20. The molecule has 0 bridgehead atoms. The van der Waals surface area contributed by atoms with Crippen LogP contribution in [0.25, 0.3) is 11.4 Å². The van der Waals surface area contributed by atoms with Crippen molar-refractivity contribution in [1.29, 1.82) is 0 Å². The smallest absolute Gasteiger partial charge is 0.251 e. The summed E-state index contributed by atoms with van der Waals surface area (Å²) in [6.07, 6.45) is 1.63. The van der Waals surface area contributed by atoms with Crippen LogP contribution in [0.2, 0.25) is 0 Å². The molecule has 2 N–H and O–H groups in total. The van der Waals surface area contributed by atoms with E-state index >= 15 is 0 Å². The Balaban J connectivity index is 1.39. The van der Waals surface area contributed by atoms with Crippen molar-refractivity contribution in [1.82, 2.24) is 15.3 Å². The second-order valence-electron chi connectivity index (χ2n) is 7.01. The van der Waals surface area contributed by atoms with Crippen molar-refractivity contribution in [3.63, 3.8) is 0 Å². The van der Waals surface area contributed by atoms with Gasteiger partial charge >= 0.3 is 0 Å². The van der Waals surface area contributed by atoms with Gasteiger partial charge in [-0.1, -0.05) is 12.1 Å². The van der Waals surface area contributed by atoms with Crippen molar-refractivity contribution in [3.05, 3.63) is 102 Å². The predicted molar refractivity (Wildman–Crippen MR) is 121 cm³/mol. The number of halogens is 1. The van der Waals surface area contributed by atoms with Gasteiger partial charge in [0.05, 0.1) is 7.11 Å². The van der Waals surface area contributed by atoms with E-state index in [1.807, 2.05) is 24.3 Å². The second-order valence-corrected chi connectivity index (χ2v) is 7.01. The van der Waals surface area contributed by atoms with Crippen LogP contribution in [0.4, 0.5) is 15.9 Å². The highest BCUT2D eigenvalue weighted by atomic mass is 19.1. The molecule has 0 radical (unpaired) electrons. The first-order valence-corrected chi connectivity index (χ1v) is 9.98. The van der Waals surface area contributed by atoms with E-state index in [0.717, 1.165) is 22.6 Å². The van der Waals surface area contributed by atoms with Crippen LogP contribution in [0.15, 0.2) is 85.1 Å². The number of amides is 1. The summed E-state index contributed by atoms with van der Waals surface area (Å²) in [5.74, 6) is 1.35. The number of aromatic nitrogens is 2. The molecule has 0 fully saturated rings. The summed E-state index contributed by atoms with van der Waals surface area (Å²) in [6.45, 7) is 0.406. The van der Waals surface area contributed by atoms with Crippen LogP contribution in [0.5, 0.6) is 5.75 Å². The molecule has 4 rings (SSSR count). The maximum absolute atomic E-state index is 13.1. The molecule has 7 heteroatoms. The minimum absolute atomic E-state index is 0.167. The van der Waals surface area contributed by atoms with Gasteiger partial charge in [0, 0.05) is 29.6 Å². The third-order valence-corrected chi connectivity index (χ3v) is 4.76. The lowest BCUT2D eigenvalue weighted by molar-refractivity contribution is 0.0951. The van der Waals surface area contributed by atoms with Crippen LogP contribution in [-0.2, 0) is 6.54 Å². The summed E-state index contributed by atoms with van der Waals surface area (Å²) in [4.78, 5) is 21.2. The molecular weight excluding hydrogens is 407 g/mol. The minimum atomic E-state index is -0.310. The summed E-state index contributed by atoms with van der Waals surface area (Å²) >= 11 is 0. The Morgan fingerprint density at radius 2 is 1.78 bits per heavy atom. The van der Waals surface area contributed by atoms with E-state index in [1.165, 1.54) is 12.1 Å². The van der Waals surface area contributed by atoms with Crippen LogP contribution in [0, 0.1) is 5.82 Å². The van der Waals surface area contributed by atoms with E-state index in [1.54, 1.807) is 55.8 Å². The third kappa shape index (κ3) is 5.26. The molecule has 6 nitrogen and oxygen atoms in total. The van der Waals surface area contributed by atoms with Crippen molar-refractivity contribution < 1.29 is 13.9 Å². The molecule has 0 aliphatic carbocycles. The zero-order valence-electron chi connectivity index (χ0n) is 17.4. The lowest BCUT2D eigenvalue weighted by Gasteiger charge is -2.09. The maximum Gasteiger partial charge on any atom is 0.251 e. The molecule has 0 saturated heterocycles. The fourth-order valence-corrected chi connectivity index (χ4v) is 3.09. The van der Waals surface area contributed by atoms with E-state index < -0.39 is 0 Å². The van der Waals surface area contributed by atoms with Crippen molar-refractivity contribution in [3.8, 4) is 17.1 Å². The molecule has 0 aliphatic heterocycles. The number of nitrogens with one attached hydrogen (secondary N) is 2. The SMILES string of the molecule is COc1cccc(CNC(=O)c2ccc(Nc3ccnc(-c4ccc(F)cc4)n3)cc2)c1. The topological polar surface area (TPSA) is 76.1 Å². The molecule has 0 aliphatic rings. The Hall–Kier alpha value is -4.26. The van der Waals surface area contributed by atoms with Gasteiger partial charge in [0.15, 0.2) is 5.82 Å². The number of rotatable bonds is 7. The minimum Gasteiger partial charge on any atom is -0.497 e. The van der Waals surface area contributed by atoms with Gasteiger partial charge in [-0.05, 0) is 72.3 Å². The Kier molecular flexibility index (Phi) is 6.36. The summed E-state index contributed by atoms with van der Waals surface area (Å²) in [5.41, 5.74) is 3.00. The first-order valence-electron chi connectivity index (χ1n) is 9.98. The molecule has 1 heterocycles. The molecular formula is C25H21FN4O2. The number of benzene rings is 3. The first kappa shape index (κ1) is 21.0. The van der Waals surface area contributed by atoms with Crippen LogP contribution >= 0.6 is 0 Å². The van der Waals surface area contributed by atoms with Crippen LogP contribution in [0.3, 0.4) is 0 Å². The first-order chi connectivity index (χ1) is 15.6. The number of hydrogen-bond acceptors (Lipinski definition) is 5. The number of carbonyl (C=O) groups excluding carboxylic acids is 1. The largest absolute Gasteiger partial charge is 0.497 e. The van der Waals surface area contributed by atoms with Crippen LogP contribution in [-0.4, -0.2) is 23.0 Å². The average molecular weight is 428 g/mol. The number of ether oxygens (including phenoxy) is 1. The third-order valence-electron chi connectivity index (χ3n) is 4.76. The zero-order chi connectivity index (χ0) is 22.3. The lowest BCUT2D eigenvalue weighted by atomic mass is 10.1. The van der Waals surface area contributed by atoms with Crippen molar-refractivity contribution in [2.45, 2.75) is 6.54 Å². The van der Waals surface area contributed by atoms with Gasteiger partial charge in [-0.3, -0.25) is 4.79 Å². The average Bonchev–Trinajstić information content (AvgIpc) is 2.84. The standard InChI is InChI=1S/C25H21FN4O2/c1-32-22-4-2-3-17(15-22)16-28-25(31)19-7-11-21(12-8-19)29-23-13-14-27-24(30-23)18-5-9-20(26)10-6-18/h2-15H,16H2,1H3,(H,28,31)(H,27,29,30). The van der Waals surface area contributed by atoms with Gasteiger partial charge < -0.3 is 15.4 Å². The van der Waals surface area contributed by atoms with E-state index in [9.17, 15) is 9.18 Å². The van der Waals surface area contributed by atoms with Gasteiger partial charge in [-0.25, -0.2) is 14.4 Å². The molecule has 1 aromatic heterocycles. The molecule has 0 saturated carbocycles. The van der Waals surface area contributed by atoms with Gasteiger partial charge in [-0.15, -0.1) is 0 Å². The van der Waals surface area contributed by atoms with Crippen molar-refractivity contribution in [2.75, 3.05) is 12.4 Å². The zero-order valence-corrected chi connectivity index (χ0v) is 17.4. The van der Waals surface area contributed by atoms with E-state index in [0.29, 0.717) is 23.8 Å². The molecule has 32 heavy (non-hydrogen) atoms.